The fourth-order valence-corrected chi connectivity index (χ4v) is 1.49. The average Bonchev–Trinajstić information content (AvgIpc) is 2.18. The van der Waals surface area contributed by atoms with E-state index in [0.717, 1.165) is 6.42 Å². The van der Waals surface area contributed by atoms with Gasteiger partial charge in [0.05, 0.1) is 0 Å². The van der Waals surface area contributed by atoms with Crippen molar-refractivity contribution in [3.05, 3.63) is 35.6 Å². The van der Waals surface area contributed by atoms with Gasteiger partial charge in [0, 0.05) is 11.6 Å². The number of benzene rings is 1. The second-order valence-electron chi connectivity index (χ2n) is 3.60. The number of rotatable bonds is 4. The lowest BCUT2D eigenvalue weighted by Crippen LogP contribution is -2.22. The molecule has 0 aliphatic rings. The second-order valence-corrected chi connectivity index (χ2v) is 3.60. The highest BCUT2D eigenvalue weighted by molar-refractivity contribution is 5.21. The Morgan fingerprint density at radius 2 is 2.00 bits per heavy atom. The summed E-state index contributed by atoms with van der Waals surface area (Å²) in [7, 11) is 0. The third-order valence-electron chi connectivity index (χ3n) is 2.50. The van der Waals surface area contributed by atoms with Crippen LogP contribution in [0.15, 0.2) is 24.3 Å². The molecule has 0 aromatic heterocycles. The quantitative estimate of drug-likeness (QED) is 0.771. The molecule has 0 fully saturated rings. The van der Waals surface area contributed by atoms with Crippen LogP contribution in [0.2, 0.25) is 0 Å². The van der Waals surface area contributed by atoms with Gasteiger partial charge in [0.1, 0.15) is 5.82 Å². The van der Waals surface area contributed by atoms with Gasteiger partial charge < -0.3 is 11.5 Å². The van der Waals surface area contributed by atoms with Gasteiger partial charge in [-0.3, -0.25) is 0 Å². The molecule has 0 heterocycles. The average molecular weight is 196 g/mol. The highest BCUT2D eigenvalue weighted by Gasteiger charge is 2.16. The Morgan fingerprint density at radius 1 is 1.36 bits per heavy atom. The van der Waals surface area contributed by atoms with E-state index in [-0.39, 0.29) is 17.8 Å². The van der Waals surface area contributed by atoms with Crippen LogP contribution in [0.4, 0.5) is 4.39 Å². The molecular formula is C11H17FN2. The first kappa shape index (κ1) is 11.1. The molecule has 0 aliphatic heterocycles. The van der Waals surface area contributed by atoms with Crippen molar-refractivity contribution in [2.45, 2.75) is 19.4 Å². The molecule has 0 saturated heterocycles. The Balaban J connectivity index is 2.78. The molecular weight excluding hydrogens is 179 g/mol. The van der Waals surface area contributed by atoms with Crippen LogP contribution in [0.1, 0.15) is 24.9 Å². The molecule has 1 rings (SSSR count). The van der Waals surface area contributed by atoms with E-state index in [1.54, 1.807) is 18.2 Å². The zero-order valence-corrected chi connectivity index (χ0v) is 8.41. The van der Waals surface area contributed by atoms with Crippen molar-refractivity contribution in [2.75, 3.05) is 6.54 Å². The summed E-state index contributed by atoms with van der Waals surface area (Å²) >= 11 is 0. The summed E-state index contributed by atoms with van der Waals surface area (Å²) in [5, 5.41) is 0. The van der Waals surface area contributed by atoms with Crippen molar-refractivity contribution >= 4 is 0 Å². The largest absolute Gasteiger partial charge is 0.330 e. The zero-order chi connectivity index (χ0) is 10.6. The van der Waals surface area contributed by atoms with Crippen molar-refractivity contribution in [3.8, 4) is 0 Å². The van der Waals surface area contributed by atoms with Gasteiger partial charge in [-0.2, -0.15) is 0 Å². The fraction of sp³-hybridized carbons (Fsp3) is 0.455. The third kappa shape index (κ3) is 2.53. The lowest BCUT2D eigenvalue weighted by Gasteiger charge is -2.19. The highest BCUT2D eigenvalue weighted by Crippen LogP contribution is 2.23. The molecule has 0 radical (unpaired) electrons. The summed E-state index contributed by atoms with van der Waals surface area (Å²) in [6, 6.07) is 6.36. The van der Waals surface area contributed by atoms with Gasteiger partial charge in [-0.15, -0.1) is 0 Å². The van der Waals surface area contributed by atoms with Crippen LogP contribution >= 0.6 is 0 Å². The Bertz CT molecular complexity index is 288. The first-order valence-electron chi connectivity index (χ1n) is 4.87. The standard InChI is InChI=1S/C11H17FN2/c1-8(6-7-13)11(14)9-4-2-3-5-10(9)12/h2-5,8,11H,6-7,13-14H2,1H3. The summed E-state index contributed by atoms with van der Waals surface area (Å²) in [5.74, 6) is -0.0271. The van der Waals surface area contributed by atoms with Crippen molar-refractivity contribution in [1.29, 1.82) is 0 Å². The topological polar surface area (TPSA) is 52.0 Å². The number of halogens is 1. The summed E-state index contributed by atoms with van der Waals surface area (Å²) in [6.45, 7) is 2.58. The molecule has 0 aliphatic carbocycles. The smallest absolute Gasteiger partial charge is 0.127 e. The first-order valence-corrected chi connectivity index (χ1v) is 4.87. The van der Waals surface area contributed by atoms with E-state index in [1.807, 2.05) is 6.92 Å². The van der Waals surface area contributed by atoms with E-state index < -0.39 is 0 Å². The fourth-order valence-electron chi connectivity index (χ4n) is 1.49. The van der Waals surface area contributed by atoms with Crippen LogP contribution in [0.25, 0.3) is 0 Å². The Kier molecular flexibility index (Phi) is 4.04. The predicted molar refractivity (Wildman–Crippen MR) is 56.2 cm³/mol. The van der Waals surface area contributed by atoms with E-state index in [0.29, 0.717) is 12.1 Å². The van der Waals surface area contributed by atoms with E-state index in [2.05, 4.69) is 0 Å². The molecule has 1 aromatic carbocycles. The maximum absolute atomic E-state index is 13.3. The van der Waals surface area contributed by atoms with E-state index in [4.69, 9.17) is 11.5 Å². The van der Waals surface area contributed by atoms with Gasteiger partial charge in [-0.25, -0.2) is 4.39 Å². The van der Waals surface area contributed by atoms with Crippen LogP contribution in [-0.2, 0) is 0 Å². The molecule has 1 aromatic rings. The Hall–Kier alpha value is -0.930. The minimum absolute atomic E-state index is 0.205. The van der Waals surface area contributed by atoms with Crippen molar-refractivity contribution in [3.63, 3.8) is 0 Å². The molecule has 4 N–H and O–H groups in total. The lowest BCUT2D eigenvalue weighted by molar-refractivity contribution is 0.429. The lowest BCUT2D eigenvalue weighted by atomic mass is 9.92. The summed E-state index contributed by atoms with van der Waals surface area (Å²) in [5.41, 5.74) is 11.9. The van der Waals surface area contributed by atoms with Crippen molar-refractivity contribution in [2.24, 2.45) is 17.4 Å². The molecule has 3 heteroatoms. The predicted octanol–water partition coefficient (Wildman–Crippen LogP) is 1.81. The molecule has 2 unspecified atom stereocenters. The number of hydrogen-bond donors (Lipinski definition) is 2. The molecule has 0 saturated carbocycles. The maximum atomic E-state index is 13.3. The van der Waals surface area contributed by atoms with Crippen LogP contribution in [-0.4, -0.2) is 6.54 Å². The number of hydrogen-bond acceptors (Lipinski definition) is 2. The van der Waals surface area contributed by atoms with E-state index in [9.17, 15) is 4.39 Å². The minimum atomic E-state index is -0.264. The van der Waals surface area contributed by atoms with Gasteiger partial charge >= 0.3 is 0 Å². The molecule has 2 nitrogen and oxygen atoms in total. The molecule has 0 spiro atoms. The van der Waals surface area contributed by atoms with E-state index in [1.165, 1.54) is 6.07 Å². The van der Waals surface area contributed by atoms with Gasteiger partial charge in [0.25, 0.3) is 0 Å². The maximum Gasteiger partial charge on any atom is 0.127 e. The van der Waals surface area contributed by atoms with Gasteiger partial charge in [0.2, 0.25) is 0 Å². The SMILES string of the molecule is CC(CCN)C(N)c1ccccc1F. The third-order valence-corrected chi connectivity index (χ3v) is 2.50. The molecule has 0 amide bonds. The molecule has 2 atom stereocenters. The Morgan fingerprint density at radius 3 is 2.57 bits per heavy atom. The minimum Gasteiger partial charge on any atom is -0.330 e. The first-order chi connectivity index (χ1) is 6.66. The van der Waals surface area contributed by atoms with Crippen LogP contribution in [0, 0.1) is 11.7 Å². The van der Waals surface area contributed by atoms with Gasteiger partial charge in [-0.05, 0) is 24.9 Å². The van der Waals surface area contributed by atoms with Gasteiger partial charge in [-0.1, -0.05) is 25.1 Å². The number of nitrogens with two attached hydrogens (primary N) is 2. The summed E-state index contributed by atoms with van der Waals surface area (Å²) in [4.78, 5) is 0. The molecule has 78 valence electrons. The zero-order valence-electron chi connectivity index (χ0n) is 8.41. The molecule has 14 heavy (non-hydrogen) atoms. The van der Waals surface area contributed by atoms with Crippen molar-refractivity contribution < 1.29 is 4.39 Å². The monoisotopic (exact) mass is 196 g/mol. The van der Waals surface area contributed by atoms with Gasteiger partial charge in [0.15, 0.2) is 0 Å². The second kappa shape index (κ2) is 5.08. The summed E-state index contributed by atoms with van der Waals surface area (Å²) < 4.78 is 13.3. The van der Waals surface area contributed by atoms with Crippen LogP contribution < -0.4 is 11.5 Å². The van der Waals surface area contributed by atoms with Crippen LogP contribution in [0.5, 0.6) is 0 Å². The summed E-state index contributed by atoms with van der Waals surface area (Å²) in [6.07, 6.45) is 0.815. The van der Waals surface area contributed by atoms with E-state index >= 15 is 0 Å². The molecule has 0 bridgehead atoms. The Labute approximate surface area is 84.1 Å². The normalized spacial score (nSPS) is 15.1. The van der Waals surface area contributed by atoms with Crippen LogP contribution in [0.3, 0.4) is 0 Å². The highest BCUT2D eigenvalue weighted by atomic mass is 19.1. The van der Waals surface area contributed by atoms with Crippen molar-refractivity contribution in [1.82, 2.24) is 0 Å².